The van der Waals surface area contributed by atoms with E-state index in [0.29, 0.717) is 0 Å². The van der Waals surface area contributed by atoms with Crippen molar-refractivity contribution in [2.75, 3.05) is 27.6 Å². The monoisotopic (exact) mass is 554 g/mol. The number of ether oxygens (including phenoxy) is 4. The molecule has 3 aliphatic rings. The van der Waals surface area contributed by atoms with E-state index >= 15 is 0 Å². The number of non-ortho nitro benzene ring substituents is 1. The number of hydrogen-bond acceptors (Lipinski definition) is 6. The molecule has 3 aliphatic heterocycles. The number of methoxy groups -OCH3 is 2. The third-order valence-corrected chi connectivity index (χ3v) is 7.76. The van der Waals surface area contributed by atoms with E-state index in [2.05, 4.69) is 18.2 Å². The first-order valence-electron chi connectivity index (χ1n) is 11.8. The molecule has 0 aromatic heterocycles. The van der Waals surface area contributed by atoms with Crippen molar-refractivity contribution in [3.8, 4) is 23.0 Å². The molecule has 0 N–H and O–H groups in total. The molecule has 8 nitrogen and oxygen atoms in total. The van der Waals surface area contributed by atoms with E-state index in [-0.39, 0.29) is 40.4 Å². The molecule has 0 amide bonds. The van der Waals surface area contributed by atoms with Crippen molar-refractivity contribution in [3.05, 3.63) is 86.5 Å². The Morgan fingerprint density at radius 2 is 1.78 bits per heavy atom. The molecule has 0 aliphatic carbocycles. The van der Waals surface area contributed by atoms with Crippen LogP contribution in [0.3, 0.4) is 0 Å². The SMILES string of the molecule is COc1ccc2c(c1OC)C[N+]1(Cc3ccc([N+](=O)[O-])cc3)CCc3cc4c(cc3C1C2)OCO4.[Br-]. The minimum atomic E-state index is -0.354. The lowest BCUT2D eigenvalue weighted by atomic mass is 9.80. The zero-order chi connectivity index (χ0) is 24.2. The molecule has 0 saturated carbocycles. The summed E-state index contributed by atoms with van der Waals surface area (Å²) in [5, 5.41) is 11.2. The molecule has 0 bridgehead atoms. The fourth-order valence-electron chi connectivity index (χ4n) is 6.06. The third kappa shape index (κ3) is 3.87. The predicted molar refractivity (Wildman–Crippen MR) is 128 cm³/mol. The van der Waals surface area contributed by atoms with E-state index < -0.39 is 0 Å². The van der Waals surface area contributed by atoms with Crippen LogP contribution in [0.5, 0.6) is 23.0 Å². The molecule has 3 aromatic carbocycles. The maximum atomic E-state index is 11.2. The highest BCUT2D eigenvalue weighted by molar-refractivity contribution is 5.54. The van der Waals surface area contributed by atoms with Crippen LogP contribution in [0.4, 0.5) is 5.69 Å². The second-order valence-electron chi connectivity index (χ2n) is 9.49. The fourth-order valence-corrected chi connectivity index (χ4v) is 6.06. The summed E-state index contributed by atoms with van der Waals surface area (Å²) < 4.78 is 23.6. The van der Waals surface area contributed by atoms with Crippen LogP contribution in [0.1, 0.15) is 33.9 Å². The predicted octanol–water partition coefficient (Wildman–Crippen LogP) is 1.72. The first-order chi connectivity index (χ1) is 17.0. The van der Waals surface area contributed by atoms with Crippen LogP contribution in [-0.2, 0) is 25.9 Å². The number of fused-ring (bicyclic) bond motifs is 5. The summed E-state index contributed by atoms with van der Waals surface area (Å²) in [6, 6.07) is 15.6. The molecular weight excluding hydrogens is 528 g/mol. The van der Waals surface area contributed by atoms with Gasteiger partial charge in [0.15, 0.2) is 23.0 Å². The maximum Gasteiger partial charge on any atom is 0.269 e. The maximum absolute atomic E-state index is 11.2. The quantitative estimate of drug-likeness (QED) is 0.271. The molecule has 0 radical (unpaired) electrons. The zero-order valence-corrected chi connectivity index (χ0v) is 21.7. The van der Waals surface area contributed by atoms with Crippen LogP contribution in [0.15, 0.2) is 48.5 Å². The van der Waals surface area contributed by atoms with Gasteiger partial charge in [-0.15, -0.1) is 0 Å². The molecule has 2 unspecified atom stereocenters. The number of rotatable bonds is 5. The topological polar surface area (TPSA) is 80.1 Å². The Balaban J connectivity index is 0.00000267. The van der Waals surface area contributed by atoms with Gasteiger partial charge in [-0.25, -0.2) is 0 Å². The molecule has 3 aromatic rings. The zero-order valence-electron chi connectivity index (χ0n) is 20.2. The molecule has 188 valence electrons. The summed E-state index contributed by atoms with van der Waals surface area (Å²) in [6.45, 7) is 2.74. The first-order valence-corrected chi connectivity index (χ1v) is 11.8. The van der Waals surface area contributed by atoms with E-state index in [0.717, 1.165) is 65.5 Å². The molecule has 0 fully saturated rings. The van der Waals surface area contributed by atoms with E-state index in [4.69, 9.17) is 18.9 Å². The minimum Gasteiger partial charge on any atom is -1.00 e. The highest BCUT2D eigenvalue weighted by atomic mass is 79.9. The van der Waals surface area contributed by atoms with Crippen LogP contribution in [0, 0.1) is 10.1 Å². The Morgan fingerprint density at radius 1 is 1.03 bits per heavy atom. The lowest BCUT2D eigenvalue weighted by molar-refractivity contribution is -0.985. The third-order valence-electron chi connectivity index (χ3n) is 7.76. The Bertz CT molecular complexity index is 1330. The van der Waals surface area contributed by atoms with Crippen molar-refractivity contribution in [1.29, 1.82) is 0 Å². The second-order valence-corrected chi connectivity index (χ2v) is 9.49. The molecule has 2 atom stereocenters. The number of nitro groups is 1. The number of halogens is 1. The van der Waals surface area contributed by atoms with E-state index in [1.807, 2.05) is 18.2 Å². The standard InChI is InChI=1S/C27H27N2O6.BrH/c1-32-24-8-5-18-11-23-21-13-26-25(34-16-35-26)12-19(21)9-10-29(23,15-22(18)27(24)33-2)14-17-3-6-20(7-4-17)28(30)31;/h3-8,12-13,23H,9-11,14-16H2,1-2H3;1H/q+1;/p-1. The van der Waals surface area contributed by atoms with Crippen LogP contribution >= 0.6 is 0 Å². The van der Waals surface area contributed by atoms with E-state index in [1.165, 1.54) is 22.3 Å². The van der Waals surface area contributed by atoms with Crippen LogP contribution < -0.4 is 35.9 Å². The summed E-state index contributed by atoms with van der Waals surface area (Å²) in [6.07, 6.45) is 1.77. The van der Waals surface area contributed by atoms with Gasteiger partial charge in [0.05, 0.1) is 31.3 Å². The lowest BCUT2D eigenvalue weighted by Gasteiger charge is -2.51. The molecule has 0 saturated heterocycles. The summed E-state index contributed by atoms with van der Waals surface area (Å²) in [7, 11) is 3.36. The van der Waals surface area contributed by atoms with Gasteiger partial charge in [0.25, 0.3) is 5.69 Å². The number of nitro benzene ring substituents is 1. The first kappa shape index (κ1) is 24.4. The fraction of sp³-hybridized carbons (Fsp3) is 0.333. The van der Waals surface area contributed by atoms with E-state index in [1.54, 1.807) is 26.4 Å². The van der Waals surface area contributed by atoms with E-state index in [9.17, 15) is 10.1 Å². The van der Waals surface area contributed by atoms with Gasteiger partial charge < -0.3 is 40.4 Å². The second kappa shape index (κ2) is 9.29. The van der Waals surface area contributed by atoms with Crippen molar-refractivity contribution in [1.82, 2.24) is 0 Å². The van der Waals surface area contributed by atoms with Gasteiger partial charge >= 0.3 is 0 Å². The molecule has 6 rings (SSSR count). The minimum absolute atomic E-state index is 0. The van der Waals surface area contributed by atoms with Crippen LogP contribution in [0.25, 0.3) is 0 Å². The van der Waals surface area contributed by atoms with Gasteiger partial charge in [0.1, 0.15) is 19.1 Å². The summed E-state index contributed by atoms with van der Waals surface area (Å²) >= 11 is 0. The van der Waals surface area contributed by atoms with Crippen molar-refractivity contribution in [2.45, 2.75) is 32.0 Å². The van der Waals surface area contributed by atoms with Crippen LogP contribution in [0.2, 0.25) is 0 Å². The summed E-state index contributed by atoms with van der Waals surface area (Å²) in [4.78, 5) is 10.8. The molecule has 3 heterocycles. The Morgan fingerprint density at radius 3 is 2.47 bits per heavy atom. The van der Waals surface area contributed by atoms with Crippen molar-refractivity contribution in [3.63, 3.8) is 0 Å². The van der Waals surface area contributed by atoms with Gasteiger partial charge in [-0.1, -0.05) is 6.07 Å². The average Bonchev–Trinajstić information content (AvgIpc) is 3.33. The molecule has 36 heavy (non-hydrogen) atoms. The number of hydrogen-bond donors (Lipinski definition) is 0. The number of benzene rings is 3. The Hall–Kier alpha value is -3.30. The van der Waals surface area contributed by atoms with Gasteiger partial charge in [0, 0.05) is 36.1 Å². The highest BCUT2D eigenvalue weighted by Gasteiger charge is 2.47. The molecular formula is C27H27BrN2O6. The smallest absolute Gasteiger partial charge is 0.269 e. The van der Waals surface area contributed by atoms with Gasteiger partial charge in [-0.05, 0) is 41.5 Å². The number of nitrogens with zero attached hydrogens (tertiary/aromatic N) is 2. The Labute approximate surface area is 219 Å². The lowest BCUT2D eigenvalue weighted by Crippen LogP contribution is -3.00. The van der Waals surface area contributed by atoms with Crippen molar-refractivity contribution < 1.29 is 45.3 Å². The molecule has 9 heteroatoms. The highest BCUT2D eigenvalue weighted by Crippen LogP contribution is 2.51. The largest absolute Gasteiger partial charge is 1.00 e. The summed E-state index contributed by atoms with van der Waals surface area (Å²) in [5.41, 5.74) is 6.22. The van der Waals surface area contributed by atoms with Gasteiger partial charge in [-0.3, -0.25) is 10.1 Å². The average molecular weight is 555 g/mol. The normalized spacial score (nSPS) is 20.9. The Kier molecular flexibility index (Phi) is 6.30. The van der Waals surface area contributed by atoms with Crippen molar-refractivity contribution >= 4 is 5.69 Å². The number of quaternary nitrogens is 1. The van der Waals surface area contributed by atoms with Gasteiger partial charge in [0.2, 0.25) is 6.79 Å². The summed E-state index contributed by atoms with van der Waals surface area (Å²) in [5.74, 6) is 3.15. The van der Waals surface area contributed by atoms with Crippen molar-refractivity contribution in [2.24, 2.45) is 0 Å². The van der Waals surface area contributed by atoms with Crippen LogP contribution in [-0.4, -0.2) is 37.0 Å². The molecule has 0 spiro atoms. The van der Waals surface area contributed by atoms with Gasteiger partial charge in [-0.2, -0.15) is 0 Å².